The van der Waals surface area contributed by atoms with Gasteiger partial charge in [-0.1, -0.05) is 13.8 Å². The molecule has 0 spiro atoms. The van der Waals surface area contributed by atoms with E-state index in [-0.39, 0.29) is 5.92 Å². The number of ether oxygens (including phenoxy) is 2. The summed E-state index contributed by atoms with van der Waals surface area (Å²) in [7, 11) is 3.05. The average molecular weight is 382 g/mol. The number of aryl methyl sites for hydroxylation is 1. The van der Waals surface area contributed by atoms with Gasteiger partial charge in [-0.05, 0) is 53.6 Å². The van der Waals surface area contributed by atoms with Gasteiger partial charge in [-0.2, -0.15) is 0 Å². The van der Waals surface area contributed by atoms with Gasteiger partial charge in [-0.15, -0.1) is 11.3 Å². The highest BCUT2D eigenvalue weighted by molar-refractivity contribution is 7.21. The first-order chi connectivity index (χ1) is 13.0. The van der Waals surface area contributed by atoms with Gasteiger partial charge in [0.15, 0.2) is 0 Å². The second-order valence-electron chi connectivity index (χ2n) is 7.05. The van der Waals surface area contributed by atoms with Crippen LogP contribution in [0.4, 0.5) is 5.69 Å². The van der Waals surface area contributed by atoms with E-state index < -0.39 is 5.97 Å². The lowest BCUT2D eigenvalue weighted by molar-refractivity contribution is 0.0607. The predicted molar refractivity (Wildman–Crippen MR) is 109 cm³/mol. The predicted octanol–water partition coefficient (Wildman–Crippen LogP) is 4.56. The largest absolute Gasteiger partial charge is 0.497 e. The van der Waals surface area contributed by atoms with Crippen LogP contribution in [-0.4, -0.2) is 25.2 Å². The minimum absolute atomic E-state index is 0.270. The molecule has 0 radical (unpaired) electrons. The number of aromatic nitrogens is 1. The van der Waals surface area contributed by atoms with Crippen molar-refractivity contribution in [2.45, 2.75) is 32.6 Å². The first kappa shape index (κ1) is 17.8. The molecule has 2 aromatic heterocycles. The van der Waals surface area contributed by atoms with Crippen molar-refractivity contribution in [2.24, 2.45) is 0 Å². The number of benzene rings is 1. The fraction of sp³-hybridized carbons (Fsp3) is 0.333. The molecule has 6 heteroatoms. The van der Waals surface area contributed by atoms with Gasteiger partial charge in [-0.3, -0.25) is 0 Å². The summed E-state index contributed by atoms with van der Waals surface area (Å²) in [5, 5.41) is 0.908. The number of carbonyl (C=O) groups excluding carboxylic acids is 1. The van der Waals surface area contributed by atoms with Crippen molar-refractivity contribution in [1.29, 1.82) is 0 Å². The summed E-state index contributed by atoms with van der Waals surface area (Å²) < 4.78 is 10.3. The Morgan fingerprint density at radius 2 is 2.04 bits per heavy atom. The molecule has 0 bridgehead atoms. The Labute approximate surface area is 162 Å². The van der Waals surface area contributed by atoms with Crippen LogP contribution in [0, 0.1) is 0 Å². The summed E-state index contributed by atoms with van der Waals surface area (Å²) in [5.74, 6) is 0.718. The Morgan fingerprint density at radius 3 is 2.70 bits per heavy atom. The summed E-state index contributed by atoms with van der Waals surface area (Å²) >= 11 is 1.31. The van der Waals surface area contributed by atoms with E-state index in [0.717, 1.165) is 40.1 Å². The van der Waals surface area contributed by atoms with E-state index in [2.05, 4.69) is 26.0 Å². The lowest BCUT2D eigenvalue weighted by Gasteiger charge is -2.24. The molecule has 1 aliphatic rings. The van der Waals surface area contributed by atoms with E-state index in [9.17, 15) is 4.79 Å². The fourth-order valence-corrected chi connectivity index (χ4v) is 5.00. The van der Waals surface area contributed by atoms with Gasteiger partial charge in [0.05, 0.1) is 25.6 Å². The standard InChI is InChI=1S/C21H22N2O3S/c1-10(2)15-14-7-5-11-9-12(25-3)6-8-13(11)18(14)23-20-16(15)17(22)19(27-20)21(24)26-4/h6,8-10H,5,7,22H2,1-4H3. The fourth-order valence-electron chi connectivity index (χ4n) is 3.97. The van der Waals surface area contributed by atoms with E-state index in [1.54, 1.807) is 7.11 Å². The maximum atomic E-state index is 12.1. The molecule has 0 amide bonds. The number of hydrogen-bond donors (Lipinski definition) is 1. The highest BCUT2D eigenvalue weighted by Crippen LogP contribution is 2.45. The summed E-state index contributed by atoms with van der Waals surface area (Å²) in [6.45, 7) is 4.32. The molecular weight excluding hydrogens is 360 g/mol. The number of nitrogens with zero attached hydrogens (tertiary/aromatic N) is 1. The van der Waals surface area contributed by atoms with Crippen LogP contribution in [0.25, 0.3) is 21.5 Å². The molecule has 4 rings (SSSR count). The molecule has 0 aliphatic heterocycles. The minimum Gasteiger partial charge on any atom is -0.497 e. The second-order valence-corrected chi connectivity index (χ2v) is 8.05. The number of carbonyl (C=O) groups is 1. The zero-order chi connectivity index (χ0) is 19.3. The van der Waals surface area contributed by atoms with E-state index in [0.29, 0.717) is 10.6 Å². The molecule has 0 atom stereocenters. The highest BCUT2D eigenvalue weighted by atomic mass is 32.1. The number of pyridine rings is 1. The first-order valence-electron chi connectivity index (χ1n) is 8.96. The van der Waals surface area contributed by atoms with Crippen molar-refractivity contribution < 1.29 is 14.3 Å². The molecule has 0 fully saturated rings. The molecule has 0 saturated heterocycles. The van der Waals surface area contributed by atoms with Gasteiger partial charge in [0, 0.05) is 10.9 Å². The average Bonchev–Trinajstić information content (AvgIpc) is 3.01. The van der Waals surface area contributed by atoms with Crippen molar-refractivity contribution in [3.63, 3.8) is 0 Å². The molecule has 5 nitrogen and oxygen atoms in total. The van der Waals surface area contributed by atoms with Crippen LogP contribution in [0.5, 0.6) is 5.75 Å². The molecule has 0 saturated carbocycles. The SMILES string of the molecule is COC(=O)c1sc2nc3c(c(C(C)C)c2c1N)CCc1cc(OC)ccc1-3. The van der Waals surface area contributed by atoms with Crippen molar-refractivity contribution >= 4 is 33.2 Å². The summed E-state index contributed by atoms with van der Waals surface area (Å²) in [6, 6.07) is 6.13. The van der Waals surface area contributed by atoms with Crippen molar-refractivity contribution in [3.05, 3.63) is 39.8 Å². The lowest BCUT2D eigenvalue weighted by Crippen LogP contribution is -2.11. The van der Waals surface area contributed by atoms with Gasteiger partial charge in [0.25, 0.3) is 0 Å². The van der Waals surface area contributed by atoms with Gasteiger partial charge in [0.1, 0.15) is 15.5 Å². The molecule has 2 heterocycles. The zero-order valence-electron chi connectivity index (χ0n) is 15.9. The Kier molecular flexibility index (Phi) is 4.30. The third-order valence-corrected chi connectivity index (χ3v) is 6.26. The molecular formula is C21H22N2O3S. The van der Waals surface area contributed by atoms with Crippen molar-refractivity contribution in [3.8, 4) is 17.0 Å². The Bertz CT molecular complexity index is 1070. The van der Waals surface area contributed by atoms with Crippen LogP contribution in [0.3, 0.4) is 0 Å². The Hall–Kier alpha value is -2.60. The molecule has 2 N–H and O–H groups in total. The normalized spacial score (nSPS) is 12.8. The van der Waals surface area contributed by atoms with Gasteiger partial charge >= 0.3 is 5.97 Å². The minimum atomic E-state index is -0.409. The van der Waals surface area contributed by atoms with Gasteiger partial charge in [0.2, 0.25) is 0 Å². The zero-order valence-corrected chi connectivity index (χ0v) is 16.7. The van der Waals surface area contributed by atoms with E-state index in [4.69, 9.17) is 20.2 Å². The summed E-state index contributed by atoms with van der Waals surface area (Å²) in [5.41, 5.74) is 12.6. The van der Waals surface area contributed by atoms with Crippen LogP contribution in [0.2, 0.25) is 0 Å². The third-order valence-electron chi connectivity index (χ3n) is 5.18. The number of methoxy groups -OCH3 is 2. The number of thiophene rings is 1. The topological polar surface area (TPSA) is 74.4 Å². The number of nitrogen functional groups attached to an aromatic ring is 1. The molecule has 27 heavy (non-hydrogen) atoms. The van der Waals surface area contributed by atoms with Crippen LogP contribution in [-0.2, 0) is 17.6 Å². The third kappa shape index (κ3) is 2.67. The molecule has 1 aromatic carbocycles. The molecule has 0 unspecified atom stereocenters. The summed E-state index contributed by atoms with van der Waals surface area (Å²) in [4.78, 5) is 18.3. The van der Waals surface area contributed by atoms with E-state index in [1.165, 1.54) is 35.1 Å². The monoisotopic (exact) mass is 382 g/mol. The smallest absolute Gasteiger partial charge is 0.350 e. The number of anilines is 1. The van der Waals surface area contributed by atoms with E-state index >= 15 is 0 Å². The quantitative estimate of drug-likeness (QED) is 0.672. The Balaban J connectivity index is 2.04. The van der Waals surface area contributed by atoms with Crippen LogP contribution < -0.4 is 10.5 Å². The molecule has 140 valence electrons. The molecule has 3 aromatic rings. The van der Waals surface area contributed by atoms with E-state index in [1.807, 2.05) is 6.07 Å². The first-order valence-corrected chi connectivity index (χ1v) is 9.78. The number of fused-ring (bicyclic) bond motifs is 4. The van der Waals surface area contributed by atoms with Gasteiger partial charge in [-0.25, -0.2) is 9.78 Å². The number of rotatable bonds is 3. The highest BCUT2D eigenvalue weighted by Gasteiger charge is 2.28. The van der Waals surface area contributed by atoms with Crippen LogP contribution in [0.15, 0.2) is 18.2 Å². The van der Waals surface area contributed by atoms with Crippen molar-refractivity contribution in [1.82, 2.24) is 4.98 Å². The summed E-state index contributed by atoms with van der Waals surface area (Å²) in [6.07, 6.45) is 1.83. The number of hydrogen-bond acceptors (Lipinski definition) is 6. The second kappa shape index (κ2) is 6.53. The maximum Gasteiger partial charge on any atom is 0.350 e. The number of nitrogens with two attached hydrogens (primary N) is 1. The molecule has 1 aliphatic carbocycles. The number of esters is 1. The maximum absolute atomic E-state index is 12.1. The van der Waals surface area contributed by atoms with Crippen LogP contribution >= 0.6 is 11.3 Å². The van der Waals surface area contributed by atoms with Crippen molar-refractivity contribution in [2.75, 3.05) is 20.0 Å². The van der Waals surface area contributed by atoms with Gasteiger partial charge < -0.3 is 15.2 Å². The lowest BCUT2D eigenvalue weighted by atomic mass is 9.82. The van der Waals surface area contributed by atoms with Crippen LogP contribution in [0.1, 0.15) is 46.1 Å². The Morgan fingerprint density at radius 1 is 1.26 bits per heavy atom.